The van der Waals surface area contributed by atoms with Crippen LogP contribution in [0, 0.1) is 6.92 Å². The van der Waals surface area contributed by atoms with E-state index in [0.29, 0.717) is 6.42 Å². The van der Waals surface area contributed by atoms with Crippen molar-refractivity contribution in [3.63, 3.8) is 0 Å². The van der Waals surface area contributed by atoms with Gasteiger partial charge in [0, 0.05) is 19.5 Å². The molecule has 3 amide bonds. The lowest BCUT2D eigenvalue weighted by molar-refractivity contribution is -0.128. The second-order valence-electron chi connectivity index (χ2n) is 7.95. The molecule has 0 radical (unpaired) electrons. The molecule has 8 nitrogen and oxygen atoms in total. The van der Waals surface area contributed by atoms with Gasteiger partial charge in [-0.2, -0.15) is 0 Å². The number of alkyl carbamates (subject to hydrolysis) is 1. The van der Waals surface area contributed by atoms with Crippen molar-refractivity contribution in [2.24, 2.45) is 5.73 Å². The minimum absolute atomic E-state index is 0.170. The van der Waals surface area contributed by atoms with Crippen LogP contribution in [0.5, 0.6) is 0 Å². The predicted molar refractivity (Wildman–Crippen MR) is 140 cm³/mol. The van der Waals surface area contributed by atoms with Gasteiger partial charge < -0.3 is 26.4 Å². The number of hydrogen-bond donors (Lipinski definition) is 4. The molecule has 1 atom stereocenters. The molecular formula is C28H34N4O4. The zero-order valence-electron chi connectivity index (χ0n) is 20.5. The molecule has 190 valence electrons. The van der Waals surface area contributed by atoms with Crippen molar-refractivity contribution < 1.29 is 19.1 Å². The van der Waals surface area contributed by atoms with Crippen molar-refractivity contribution in [1.29, 1.82) is 0 Å². The Hall–Kier alpha value is -4.17. The molecule has 3 rings (SSSR count). The highest BCUT2D eigenvalue weighted by atomic mass is 16.5. The molecule has 0 saturated heterocycles. The second-order valence-corrected chi connectivity index (χ2v) is 7.95. The van der Waals surface area contributed by atoms with Crippen LogP contribution in [0.4, 0.5) is 4.79 Å². The van der Waals surface area contributed by atoms with Gasteiger partial charge in [0.2, 0.25) is 11.8 Å². The molecule has 0 aliphatic carbocycles. The van der Waals surface area contributed by atoms with Crippen molar-refractivity contribution in [3.05, 3.63) is 108 Å². The molecule has 0 aliphatic heterocycles. The monoisotopic (exact) mass is 490 g/mol. The van der Waals surface area contributed by atoms with Gasteiger partial charge >= 0.3 is 6.09 Å². The van der Waals surface area contributed by atoms with Crippen LogP contribution in [0.25, 0.3) is 0 Å². The minimum atomic E-state index is -0.751. The summed E-state index contributed by atoms with van der Waals surface area (Å²) < 4.78 is 5.10. The van der Waals surface area contributed by atoms with Gasteiger partial charge in [-0.15, -0.1) is 0 Å². The molecule has 3 aromatic carbocycles. The summed E-state index contributed by atoms with van der Waals surface area (Å²) in [6.45, 7) is 2.45. The van der Waals surface area contributed by atoms with Gasteiger partial charge in [-0.25, -0.2) is 4.79 Å². The molecule has 0 fully saturated rings. The van der Waals surface area contributed by atoms with Gasteiger partial charge in [0.25, 0.3) is 0 Å². The summed E-state index contributed by atoms with van der Waals surface area (Å²) in [7, 11) is 0. The van der Waals surface area contributed by atoms with E-state index >= 15 is 0 Å². The fourth-order valence-electron chi connectivity index (χ4n) is 3.09. The molecule has 8 heteroatoms. The van der Waals surface area contributed by atoms with Crippen LogP contribution in [0.2, 0.25) is 0 Å². The summed E-state index contributed by atoms with van der Waals surface area (Å²) in [5.41, 5.74) is 8.45. The first-order valence-corrected chi connectivity index (χ1v) is 11.7. The Morgan fingerprint density at radius 1 is 0.778 bits per heavy atom. The second kappa shape index (κ2) is 16.5. The van der Waals surface area contributed by atoms with Crippen LogP contribution in [-0.4, -0.2) is 43.6 Å². The molecule has 3 aromatic rings. The van der Waals surface area contributed by atoms with E-state index in [0.717, 1.165) is 11.1 Å². The number of ether oxygens (including phenoxy) is 1. The first-order chi connectivity index (χ1) is 17.5. The summed E-state index contributed by atoms with van der Waals surface area (Å²) in [5.74, 6) is -0.765. The Balaban J connectivity index is 0.000000558. The van der Waals surface area contributed by atoms with E-state index < -0.39 is 18.0 Å². The van der Waals surface area contributed by atoms with Gasteiger partial charge in [0.15, 0.2) is 0 Å². The summed E-state index contributed by atoms with van der Waals surface area (Å²) in [5, 5.41) is 7.88. The number of carbonyl (C=O) groups is 3. The average Bonchev–Trinajstić information content (AvgIpc) is 2.91. The van der Waals surface area contributed by atoms with E-state index in [1.807, 2.05) is 78.9 Å². The Morgan fingerprint density at radius 2 is 1.31 bits per heavy atom. The fourth-order valence-corrected chi connectivity index (χ4v) is 3.09. The SMILES string of the molecule is Cc1ccccc1.NCC(=O)NC(Cc1ccccc1)C(=O)NCCNC(=O)OCc1ccccc1. The third-order valence-electron chi connectivity index (χ3n) is 4.97. The molecule has 0 spiro atoms. The number of benzene rings is 3. The average molecular weight is 491 g/mol. The Bertz CT molecular complexity index is 1050. The van der Waals surface area contributed by atoms with Crippen LogP contribution in [0.15, 0.2) is 91.0 Å². The quantitative estimate of drug-likeness (QED) is 0.326. The van der Waals surface area contributed by atoms with Crippen LogP contribution < -0.4 is 21.7 Å². The number of rotatable bonds is 10. The standard InChI is InChI=1S/C21H26N4O4.C7H8/c22-14-19(26)25-18(13-16-7-3-1-4-8-16)20(27)23-11-12-24-21(28)29-15-17-9-5-2-6-10-17;1-7-5-3-2-4-6-7/h1-10,18H,11-15,22H2,(H,23,27)(H,24,28)(H,25,26);2-6H,1H3. The zero-order chi connectivity index (χ0) is 26.0. The molecule has 5 N–H and O–H groups in total. The van der Waals surface area contributed by atoms with Gasteiger partial charge in [-0.3, -0.25) is 9.59 Å². The lowest BCUT2D eigenvalue weighted by Gasteiger charge is -2.18. The van der Waals surface area contributed by atoms with E-state index in [-0.39, 0.29) is 32.1 Å². The highest BCUT2D eigenvalue weighted by molar-refractivity contribution is 5.88. The number of aryl methyl sites for hydroxylation is 1. The summed E-state index contributed by atoms with van der Waals surface area (Å²) in [4.78, 5) is 35.8. The fraction of sp³-hybridized carbons (Fsp3) is 0.250. The van der Waals surface area contributed by atoms with Gasteiger partial charge in [0.05, 0.1) is 6.54 Å². The van der Waals surface area contributed by atoms with Crippen molar-refractivity contribution in [3.8, 4) is 0 Å². The van der Waals surface area contributed by atoms with E-state index in [1.165, 1.54) is 5.56 Å². The van der Waals surface area contributed by atoms with E-state index in [4.69, 9.17) is 10.5 Å². The van der Waals surface area contributed by atoms with Gasteiger partial charge in [-0.1, -0.05) is 96.6 Å². The van der Waals surface area contributed by atoms with Gasteiger partial charge in [0.1, 0.15) is 12.6 Å². The third kappa shape index (κ3) is 11.8. The molecule has 0 aliphatic rings. The van der Waals surface area contributed by atoms with Crippen LogP contribution in [0.3, 0.4) is 0 Å². The Morgan fingerprint density at radius 3 is 1.83 bits per heavy atom. The maximum atomic E-state index is 12.4. The van der Waals surface area contributed by atoms with Crippen LogP contribution in [-0.2, 0) is 27.4 Å². The minimum Gasteiger partial charge on any atom is -0.445 e. The molecule has 1 unspecified atom stereocenters. The summed E-state index contributed by atoms with van der Waals surface area (Å²) >= 11 is 0. The lowest BCUT2D eigenvalue weighted by Crippen LogP contribution is -2.50. The first-order valence-electron chi connectivity index (χ1n) is 11.7. The maximum absolute atomic E-state index is 12.4. The molecule has 0 saturated carbocycles. The number of nitrogens with one attached hydrogen (secondary N) is 3. The smallest absolute Gasteiger partial charge is 0.407 e. The Kier molecular flexibility index (Phi) is 12.8. The highest BCUT2D eigenvalue weighted by Gasteiger charge is 2.20. The Labute approximate surface area is 212 Å². The van der Waals surface area contributed by atoms with Crippen molar-refractivity contribution in [1.82, 2.24) is 16.0 Å². The zero-order valence-corrected chi connectivity index (χ0v) is 20.5. The highest BCUT2D eigenvalue weighted by Crippen LogP contribution is 2.04. The third-order valence-corrected chi connectivity index (χ3v) is 4.97. The first kappa shape index (κ1) is 28.1. The molecular weight excluding hydrogens is 456 g/mol. The summed E-state index contributed by atoms with van der Waals surface area (Å²) in [6, 6.07) is 28.2. The number of nitrogens with two attached hydrogens (primary N) is 1. The normalized spacial score (nSPS) is 10.7. The van der Waals surface area contributed by atoms with Crippen molar-refractivity contribution >= 4 is 17.9 Å². The van der Waals surface area contributed by atoms with E-state index in [1.54, 1.807) is 0 Å². The van der Waals surface area contributed by atoms with Crippen molar-refractivity contribution in [2.75, 3.05) is 19.6 Å². The largest absolute Gasteiger partial charge is 0.445 e. The number of hydrogen-bond acceptors (Lipinski definition) is 5. The summed E-state index contributed by atoms with van der Waals surface area (Å²) in [6.07, 6.45) is -0.231. The number of amides is 3. The molecule has 36 heavy (non-hydrogen) atoms. The van der Waals surface area contributed by atoms with E-state index in [9.17, 15) is 14.4 Å². The van der Waals surface area contributed by atoms with Crippen molar-refractivity contribution in [2.45, 2.75) is 26.0 Å². The molecule has 0 bridgehead atoms. The van der Waals surface area contributed by atoms with E-state index in [2.05, 4.69) is 35.0 Å². The van der Waals surface area contributed by atoms with Crippen LogP contribution >= 0.6 is 0 Å². The topological polar surface area (TPSA) is 123 Å². The molecule has 0 aromatic heterocycles. The van der Waals surface area contributed by atoms with Gasteiger partial charge in [-0.05, 0) is 18.1 Å². The number of carbonyl (C=O) groups excluding carboxylic acids is 3. The maximum Gasteiger partial charge on any atom is 0.407 e. The predicted octanol–water partition coefficient (Wildman–Crippen LogP) is 2.71. The van der Waals surface area contributed by atoms with Crippen LogP contribution in [0.1, 0.15) is 16.7 Å². The molecule has 0 heterocycles. The lowest BCUT2D eigenvalue weighted by atomic mass is 10.1.